The summed E-state index contributed by atoms with van der Waals surface area (Å²) in [7, 11) is 0. The minimum absolute atomic E-state index is 0.0301. The predicted octanol–water partition coefficient (Wildman–Crippen LogP) is 5.92. The van der Waals surface area contributed by atoms with Crippen molar-refractivity contribution in [1.82, 2.24) is 4.98 Å². The van der Waals surface area contributed by atoms with Gasteiger partial charge in [-0.2, -0.15) is 0 Å². The maximum atomic E-state index is 13.7. The maximum absolute atomic E-state index is 13.7. The molecule has 0 N–H and O–H groups in total. The van der Waals surface area contributed by atoms with Crippen LogP contribution in [0.5, 0.6) is 0 Å². The van der Waals surface area contributed by atoms with Crippen LogP contribution in [0.15, 0.2) is 24.5 Å². The van der Waals surface area contributed by atoms with Crippen LogP contribution < -0.4 is 0 Å². The third-order valence-corrected chi connectivity index (χ3v) is 9.99. The average molecular weight is 396 g/mol. The highest BCUT2D eigenvalue weighted by Gasteiger charge is 2.69. The molecule has 0 saturated heterocycles. The lowest BCUT2D eigenvalue weighted by Crippen LogP contribution is -2.42. The normalized spacial score (nSPS) is 41.9. The average Bonchev–Trinajstić information content (AvgIpc) is 3.34. The summed E-state index contributed by atoms with van der Waals surface area (Å²) in [6.07, 6.45) is 12.8. The molecule has 1 unspecified atom stereocenters. The van der Waals surface area contributed by atoms with Crippen molar-refractivity contribution in [2.75, 3.05) is 0 Å². The van der Waals surface area contributed by atoms with Gasteiger partial charge in [0, 0.05) is 18.3 Å². The molecule has 0 radical (unpaired) electrons. The fraction of sp³-hybridized carbons (Fsp3) is 0.769. The first-order valence-corrected chi connectivity index (χ1v) is 11.9. The molecule has 2 bridgehead atoms. The van der Waals surface area contributed by atoms with Crippen molar-refractivity contribution in [2.45, 2.75) is 90.6 Å². The molecular weight excluding hydrogens is 358 g/mol. The van der Waals surface area contributed by atoms with E-state index in [2.05, 4.69) is 38.7 Å². The standard InChI is InChI=1S/C26H37NO2/c1-17-9-12-26-15-20(17)24(3,4)22(26)21(14-18(26)2)29-23(28)25(10-5-6-11-25)19-8-7-13-27-16-19/h7-8,13,16-18,20-22H,5-6,9-12,14-15H2,1-4H3/t17-,18-,20+,21?,22+,26+/m1/s1. The molecule has 1 aromatic rings. The molecule has 29 heavy (non-hydrogen) atoms. The lowest BCUT2D eigenvalue weighted by Gasteiger charge is -2.39. The van der Waals surface area contributed by atoms with Crippen molar-refractivity contribution < 1.29 is 9.53 Å². The number of pyridine rings is 1. The van der Waals surface area contributed by atoms with Crippen LogP contribution in [0.3, 0.4) is 0 Å². The Kier molecular flexibility index (Phi) is 4.43. The number of nitrogens with zero attached hydrogens (tertiary/aromatic N) is 1. The number of hydrogen-bond donors (Lipinski definition) is 0. The number of carbonyl (C=O) groups excluding carboxylic acids is 1. The van der Waals surface area contributed by atoms with Crippen molar-refractivity contribution in [3.8, 4) is 0 Å². The Labute approximate surface area is 176 Å². The van der Waals surface area contributed by atoms with E-state index in [0.29, 0.717) is 17.3 Å². The lowest BCUT2D eigenvalue weighted by molar-refractivity contribution is -0.161. The minimum Gasteiger partial charge on any atom is -0.461 e. The van der Waals surface area contributed by atoms with E-state index in [0.717, 1.165) is 49.5 Å². The van der Waals surface area contributed by atoms with Crippen molar-refractivity contribution in [3.05, 3.63) is 30.1 Å². The van der Waals surface area contributed by atoms with E-state index in [1.165, 1.54) is 19.3 Å². The van der Waals surface area contributed by atoms with Gasteiger partial charge in [-0.25, -0.2) is 0 Å². The fourth-order valence-electron chi connectivity index (χ4n) is 8.58. The highest BCUT2D eigenvalue weighted by Crippen LogP contribution is 2.73. The smallest absolute Gasteiger partial charge is 0.316 e. The van der Waals surface area contributed by atoms with Crippen LogP contribution in [-0.4, -0.2) is 17.1 Å². The van der Waals surface area contributed by atoms with Gasteiger partial charge in [0.25, 0.3) is 0 Å². The fourth-order valence-corrected chi connectivity index (χ4v) is 8.58. The summed E-state index contributed by atoms with van der Waals surface area (Å²) < 4.78 is 6.54. The van der Waals surface area contributed by atoms with E-state index in [4.69, 9.17) is 4.74 Å². The van der Waals surface area contributed by atoms with Gasteiger partial charge in [0.15, 0.2) is 0 Å². The predicted molar refractivity (Wildman–Crippen MR) is 114 cm³/mol. The molecule has 4 aliphatic rings. The Bertz CT molecular complexity index is 781. The second-order valence-electron chi connectivity index (χ2n) is 11.5. The largest absolute Gasteiger partial charge is 0.461 e. The van der Waals surface area contributed by atoms with Gasteiger partial charge in [0.05, 0.1) is 5.41 Å². The SMILES string of the molecule is C[C@@H]1CC[C@@]23C[C@@H]1C(C)(C)[C@@H]2C(OC(=O)C1(c2cccnc2)CCCC1)C[C@H]3C. The molecule has 6 atom stereocenters. The molecule has 4 aliphatic carbocycles. The van der Waals surface area contributed by atoms with Gasteiger partial charge in [-0.05, 0) is 78.7 Å². The molecule has 4 fully saturated rings. The summed E-state index contributed by atoms with van der Waals surface area (Å²) >= 11 is 0. The summed E-state index contributed by atoms with van der Waals surface area (Å²) in [6.45, 7) is 9.82. The number of carbonyl (C=O) groups is 1. The molecule has 3 nitrogen and oxygen atoms in total. The molecule has 0 aromatic carbocycles. The van der Waals surface area contributed by atoms with Gasteiger partial charge in [0.2, 0.25) is 0 Å². The molecule has 3 heteroatoms. The molecule has 4 saturated carbocycles. The number of ether oxygens (including phenoxy) is 1. The van der Waals surface area contributed by atoms with Crippen LogP contribution in [0.4, 0.5) is 0 Å². The van der Waals surface area contributed by atoms with E-state index in [-0.39, 0.29) is 17.5 Å². The molecule has 5 rings (SSSR count). The molecule has 0 aliphatic heterocycles. The first-order valence-electron chi connectivity index (χ1n) is 11.9. The first-order chi connectivity index (χ1) is 13.8. The topological polar surface area (TPSA) is 39.2 Å². The quantitative estimate of drug-likeness (QED) is 0.596. The van der Waals surface area contributed by atoms with Gasteiger partial charge in [0.1, 0.15) is 6.10 Å². The van der Waals surface area contributed by atoms with Crippen molar-refractivity contribution >= 4 is 5.97 Å². The van der Waals surface area contributed by atoms with E-state index in [1.807, 2.05) is 12.3 Å². The summed E-state index contributed by atoms with van der Waals surface area (Å²) in [5.41, 5.74) is 1.23. The van der Waals surface area contributed by atoms with Gasteiger partial charge in [-0.15, -0.1) is 0 Å². The van der Waals surface area contributed by atoms with Crippen molar-refractivity contribution in [3.63, 3.8) is 0 Å². The molecule has 1 aromatic heterocycles. The zero-order valence-electron chi connectivity index (χ0n) is 18.6. The van der Waals surface area contributed by atoms with Crippen LogP contribution in [0.25, 0.3) is 0 Å². The molecule has 1 spiro atoms. The Balaban J connectivity index is 1.46. The Morgan fingerprint density at radius 3 is 2.62 bits per heavy atom. The van der Waals surface area contributed by atoms with E-state index in [1.54, 1.807) is 6.20 Å². The first kappa shape index (κ1) is 19.6. The highest BCUT2D eigenvalue weighted by molar-refractivity contribution is 5.83. The molecule has 158 valence electrons. The van der Waals surface area contributed by atoms with Crippen LogP contribution >= 0.6 is 0 Å². The summed E-state index contributed by atoms with van der Waals surface area (Å²) in [5.74, 6) is 2.75. The second kappa shape index (κ2) is 6.56. The van der Waals surface area contributed by atoms with Gasteiger partial charge in [-0.3, -0.25) is 9.78 Å². The van der Waals surface area contributed by atoms with E-state index < -0.39 is 5.41 Å². The number of aromatic nitrogens is 1. The Hall–Kier alpha value is -1.38. The Morgan fingerprint density at radius 1 is 1.17 bits per heavy atom. The number of fused-ring (bicyclic) bond motifs is 1. The molecule has 1 heterocycles. The van der Waals surface area contributed by atoms with Crippen molar-refractivity contribution in [1.29, 1.82) is 0 Å². The van der Waals surface area contributed by atoms with E-state index in [9.17, 15) is 4.79 Å². The minimum atomic E-state index is -0.474. The Morgan fingerprint density at radius 2 is 1.93 bits per heavy atom. The second-order valence-corrected chi connectivity index (χ2v) is 11.5. The van der Waals surface area contributed by atoms with Crippen molar-refractivity contribution in [2.24, 2.45) is 34.5 Å². The maximum Gasteiger partial charge on any atom is 0.316 e. The number of rotatable bonds is 3. The monoisotopic (exact) mass is 395 g/mol. The summed E-state index contributed by atoms with van der Waals surface area (Å²) in [4.78, 5) is 18.1. The summed E-state index contributed by atoms with van der Waals surface area (Å²) in [5, 5.41) is 0. The number of hydrogen-bond acceptors (Lipinski definition) is 3. The van der Waals surface area contributed by atoms with Gasteiger partial charge in [-0.1, -0.05) is 46.6 Å². The third-order valence-electron chi connectivity index (χ3n) is 9.99. The lowest BCUT2D eigenvalue weighted by atomic mass is 9.66. The van der Waals surface area contributed by atoms with Crippen LogP contribution in [0.2, 0.25) is 0 Å². The van der Waals surface area contributed by atoms with Gasteiger partial charge >= 0.3 is 5.97 Å². The summed E-state index contributed by atoms with van der Waals surface area (Å²) in [6, 6.07) is 4.03. The van der Waals surface area contributed by atoms with E-state index >= 15 is 0 Å². The third kappa shape index (κ3) is 2.61. The zero-order chi connectivity index (χ0) is 20.4. The highest BCUT2D eigenvalue weighted by atomic mass is 16.5. The molecule has 0 amide bonds. The van der Waals surface area contributed by atoms with Gasteiger partial charge < -0.3 is 4.74 Å². The van der Waals surface area contributed by atoms with Crippen LogP contribution in [0, 0.1) is 34.5 Å². The number of esters is 1. The van der Waals surface area contributed by atoms with Crippen LogP contribution in [-0.2, 0) is 14.9 Å². The van der Waals surface area contributed by atoms with Crippen LogP contribution in [0.1, 0.15) is 84.6 Å². The zero-order valence-corrected chi connectivity index (χ0v) is 18.6. The molecular formula is C26H37NO2.